The molecule has 7 rings (SSSR count). The summed E-state index contributed by atoms with van der Waals surface area (Å²) in [6.45, 7) is 6.65. The van der Waals surface area contributed by atoms with Gasteiger partial charge in [0.25, 0.3) is 0 Å². The second-order valence-electron chi connectivity index (χ2n) is 12.2. The number of benzene rings is 1. The highest BCUT2D eigenvalue weighted by atomic mass is 19.1. The lowest BCUT2D eigenvalue weighted by Crippen LogP contribution is -2.48. The molecule has 1 amide bonds. The van der Waals surface area contributed by atoms with Gasteiger partial charge in [0.15, 0.2) is 11.6 Å². The highest BCUT2D eigenvalue weighted by Gasteiger charge is 2.32. The lowest BCUT2D eigenvalue weighted by atomic mass is 9.92. The normalized spacial score (nSPS) is 18.9. The van der Waals surface area contributed by atoms with Crippen LogP contribution in [-0.2, 0) is 17.8 Å². The van der Waals surface area contributed by atoms with Gasteiger partial charge >= 0.3 is 0 Å². The monoisotopic (exact) mass is 594 g/mol. The van der Waals surface area contributed by atoms with Crippen molar-refractivity contribution in [1.29, 1.82) is 0 Å². The Morgan fingerprint density at radius 2 is 2.02 bits per heavy atom. The molecule has 1 atom stereocenters. The molecule has 1 unspecified atom stereocenters. The van der Waals surface area contributed by atoms with Crippen LogP contribution in [0.4, 0.5) is 10.2 Å². The maximum atomic E-state index is 14.0. The van der Waals surface area contributed by atoms with Crippen LogP contribution in [0.25, 0.3) is 27.6 Å². The van der Waals surface area contributed by atoms with Crippen LogP contribution in [0.15, 0.2) is 55.0 Å². The van der Waals surface area contributed by atoms with E-state index < -0.39 is 5.82 Å². The smallest absolute Gasteiger partial charge is 0.210 e. The van der Waals surface area contributed by atoms with Crippen molar-refractivity contribution in [3.8, 4) is 16.9 Å². The van der Waals surface area contributed by atoms with E-state index in [1.54, 1.807) is 0 Å². The van der Waals surface area contributed by atoms with Gasteiger partial charge in [-0.05, 0) is 84.7 Å². The zero-order valence-electron chi connectivity index (χ0n) is 25.4. The van der Waals surface area contributed by atoms with Gasteiger partial charge in [-0.15, -0.1) is 0 Å². The number of carbonyl (C=O) groups excluding carboxylic acids is 1. The minimum atomic E-state index is -0.442. The largest absolute Gasteiger partial charge is 0.493 e. The summed E-state index contributed by atoms with van der Waals surface area (Å²) in [7, 11) is 1.53. The van der Waals surface area contributed by atoms with Crippen LogP contribution in [-0.4, -0.2) is 65.7 Å². The lowest BCUT2D eigenvalue weighted by molar-refractivity contribution is -0.120. The number of aromatic nitrogens is 3. The first-order valence-electron chi connectivity index (χ1n) is 15.7. The van der Waals surface area contributed by atoms with Crippen molar-refractivity contribution in [2.24, 2.45) is 5.92 Å². The van der Waals surface area contributed by atoms with Crippen LogP contribution in [0.5, 0.6) is 5.75 Å². The van der Waals surface area contributed by atoms with E-state index in [0.29, 0.717) is 37.1 Å². The molecule has 1 saturated heterocycles. The summed E-state index contributed by atoms with van der Waals surface area (Å²) >= 11 is 0. The summed E-state index contributed by atoms with van der Waals surface area (Å²) in [5, 5.41) is 4.75. The SMILES string of the molecule is CCc1cnccc1-c1cc(C2CN(c3ncc(F)cc3OC)CCN2C=O)cc2cc(C3=CCCNC3)n(CC3CC3)c12. The number of nitrogens with zero attached hydrogens (tertiary/aromatic N) is 5. The average molecular weight is 595 g/mol. The maximum Gasteiger partial charge on any atom is 0.210 e. The first-order chi connectivity index (χ1) is 21.6. The molecule has 4 aromatic rings. The zero-order valence-corrected chi connectivity index (χ0v) is 25.4. The van der Waals surface area contributed by atoms with Crippen LogP contribution in [0, 0.1) is 11.7 Å². The molecule has 3 aliphatic rings. The molecule has 1 N–H and O–H groups in total. The van der Waals surface area contributed by atoms with Crippen LogP contribution < -0.4 is 15.0 Å². The minimum Gasteiger partial charge on any atom is -0.493 e. The van der Waals surface area contributed by atoms with Gasteiger partial charge in [-0.3, -0.25) is 9.78 Å². The van der Waals surface area contributed by atoms with E-state index in [2.05, 4.69) is 62.0 Å². The molecule has 228 valence electrons. The number of amides is 1. The Bertz CT molecular complexity index is 1730. The third-order valence-electron chi connectivity index (χ3n) is 9.34. The average Bonchev–Trinajstić information content (AvgIpc) is 3.83. The molecule has 2 fully saturated rings. The van der Waals surface area contributed by atoms with E-state index in [9.17, 15) is 9.18 Å². The summed E-state index contributed by atoms with van der Waals surface area (Å²) in [6.07, 6.45) is 12.8. The zero-order chi connectivity index (χ0) is 30.2. The first-order valence-corrected chi connectivity index (χ1v) is 15.7. The molecule has 1 aromatic carbocycles. The molecule has 3 aromatic heterocycles. The Balaban J connectivity index is 1.41. The Labute approximate surface area is 257 Å². The molecule has 2 aliphatic heterocycles. The number of methoxy groups -OCH3 is 1. The molecule has 1 aliphatic carbocycles. The number of carbonyl (C=O) groups is 1. The quantitative estimate of drug-likeness (QED) is 0.254. The number of halogens is 1. The molecule has 0 radical (unpaired) electrons. The van der Waals surface area contributed by atoms with Gasteiger partial charge < -0.3 is 24.4 Å². The minimum absolute atomic E-state index is 0.223. The van der Waals surface area contributed by atoms with Gasteiger partial charge in [0.05, 0.1) is 24.9 Å². The highest BCUT2D eigenvalue weighted by Crippen LogP contribution is 2.42. The fourth-order valence-corrected chi connectivity index (χ4v) is 6.87. The lowest BCUT2D eigenvalue weighted by Gasteiger charge is -2.40. The number of fused-ring (bicyclic) bond motifs is 1. The Morgan fingerprint density at radius 1 is 1.14 bits per heavy atom. The Kier molecular flexibility index (Phi) is 7.80. The predicted octanol–water partition coefficient (Wildman–Crippen LogP) is 5.61. The molecule has 44 heavy (non-hydrogen) atoms. The predicted molar refractivity (Wildman–Crippen MR) is 171 cm³/mol. The molecule has 9 heteroatoms. The van der Waals surface area contributed by atoms with Gasteiger partial charge in [0.2, 0.25) is 6.41 Å². The number of ether oxygens (including phenoxy) is 1. The van der Waals surface area contributed by atoms with Crippen LogP contribution >= 0.6 is 0 Å². The Morgan fingerprint density at radius 3 is 2.77 bits per heavy atom. The molecule has 0 spiro atoms. The second kappa shape index (κ2) is 12.0. The standard InChI is InChI=1S/C35H39FN6O2/c1-3-24-17-38-10-8-29(24)30-14-26(32-21-40(11-12-41(32)22-43)35-33(44-2)16-28(36)19-39-35)13-27-15-31(25-5-4-9-37-18-25)42(34(27)30)20-23-6-7-23/h5,8,10,13-17,19,22-23,32,37H,3-4,6-7,9,11-12,18,20-21H2,1-2H3. The molecule has 5 heterocycles. The van der Waals surface area contributed by atoms with Crippen molar-refractivity contribution in [3.05, 3.63) is 77.6 Å². The molecular weight excluding hydrogens is 555 g/mol. The summed E-state index contributed by atoms with van der Waals surface area (Å²) in [5.74, 6) is 1.23. The van der Waals surface area contributed by atoms with Crippen molar-refractivity contribution >= 4 is 28.7 Å². The fraction of sp³-hybridized carbons (Fsp3) is 0.400. The topological polar surface area (TPSA) is 75.5 Å². The van der Waals surface area contributed by atoms with Crippen LogP contribution in [0.2, 0.25) is 0 Å². The highest BCUT2D eigenvalue weighted by molar-refractivity contribution is 5.99. The van der Waals surface area contributed by atoms with Crippen LogP contribution in [0.1, 0.15) is 49.0 Å². The van der Waals surface area contributed by atoms with Crippen LogP contribution in [0.3, 0.4) is 0 Å². The third kappa shape index (κ3) is 5.34. The van der Waals surface area contributed by atoms with E-state index in [-0.39, 0.29) is 6.04 Å². The van der Waals surface area contributed by atoms with E-state index in [4.69, 9.17) is 4.74 Å². The number of nitrogens with one attached hydrogen (secondary N) is 1. The van der Waals surface area contributed by atoms with E-state index in [1.165, 1.54) is 71.1 Å². The van der Waals surface area contributed by atoms with Gasteiger partial charge in [0, 0.05) is 67.8 Å². The number of piperazine rings is 1. The van der Waals surface area contributed by atoms with Gasteiger partial charge in [-0.25, -0.2) is 9.37 Å². The van der Waals surface area contributed by atoms with Crippen molar-refractivity contribution in [2.75, 3.05) is 44.7 Å². The number of hydrogen-bond donors (Lipinski definition) is 1. The summed E-state index contributed by atoms with van der Waals surface area (Å²) < 4.78 is 22.1. The fourth-order valence-electron chi connectivity index (χ4n) is 6.87. The third-order valence-corrected chi connectivity index (χ3v) is 9.34. The van der Waals surface area contributed by atoms with Crippen molar-refractivity contribution in [3.63, 3.8) is 0 Å². The number of anilines is 1. The summed E-state index contributed by atoms with van der Waals surface area (Å²) in [4.78, 5) is 25.3. The summed E-state index contributed by atoms with van der Waals surface area (Å²) in [6, 6.07) is 10.2. The number of rotatable bonds is 9. The second-order valence-corrected chi connectivity index (χ2v) is 12.2. The van der Waals surface area contributed by atoms with Gasteiger partial charge in [0.1, 0.15) is 5.82 Å². The van der Waals surface area contributed by atoms with E-state index >= 15 is 0 Å². The van der Waals surface area contributed by atoms with Gasteiger partial charge in [-0.2, -0.15) is 0 Å². The summed E-state index contributed by atoms with van der Waals surface area (Å²) in [5.41, 5.74) is 8.49. The van der Waals surface area contributed by atoms with E-state index in [0.717, 1.165) is 44.4 Å². The molecular formula is C35H39FN6O2. The van der Waals surface area contributed by atoms with E-state index in [1.807, 2.05) is 17.3 Å². The van der Waals surface area contributed by atoms with Gasteiger partial charge in [-0.1, -0.05) is 13.0 Å². The van der Waals surface area contributed by atoms with Crippen molar-refractivity contribution < 1.29 is 13.9 Å². The Hall–Kier alpha value is -4.24. The number of aryl methyl sites for hydroxylation is 1. The maximum absolute atomic E-state index is 14.0. The number of pyridine rings is 2. The molecule has 0 bridgehead atoms. The van der Waals surface area contributed by atoms with Crippen molar-refractivity contribution in [1.82, 2.24) is 24.8 Å². The molecule has 8 nitrogen and oxygen atoms in total. The van der Waals surface area contributed by atoms with Crippen molar-refractivity contribution in [2.45, 2.75) is 45.2 Å². The number of hydrogen-bond acceptors (Lipinski definition) is 6. The first kappa shape index (κ1) is 28.5. The molecule has 1 saturated carbocycles.